The summed E-state index contributed by atoms with van der Waals surface area (Å²) in [6.07, 6.45) is 5.44. The largest absolute Gasteiger partial charge is 0.271 e. The summed E-state index contributed by atoms with van der Waals surface area (Å²) < 4.78 is 0.997. The highest BCUT2D eigenvalue weighted by Crippen LogP contribution is 2.14. The van der Waals surface area contributed by atoms with E-state index in [2.05, 4.69) is 63.6 Å². The van der Waals surface area contributed by atoms with Gasteiger partial charge in [0.2, 0.25) is 0 Å². The van der Waals surface area contributed by atoms with Gasteiger partial charge in [-0.25, -0.2) is 0 Å². The molecule has 3 N–H and O–H groups in total. The summed E-state index contributed by atoms with van der Waals surface area (Å²) >= 11 is 3.44. The van der Waals surface area contributed by atoms with Gasteiger partial charge in [-0.15, -0.1) is 0 Å². The van der Waals surface area contributed by atoms with Crippen molar-refractivity contribution in [1.29, 1.82) is 0 Å². The van der Waals surface area contributed by atoms with Crippen molar-refractivity contribution in [2.24, 2.45) is 5.84 Å². The zero-order chi connectivity index (χ0) is 13.7. The molecular weight excluding hydrogens is 302 g/mol. The minimum Gasteiger partial charge on any atom is -0.271 e. The van der Waals surface area contributed by atoms with Crippen molar-refractivity contribution in [2.45, 2.75) is 25.8 Å². The molecule has 19 heavy (non-hydrogen) atoms. The van der Waals surface area contributed by atoms with Gasteiger partial charge >= 0.3 is 0 Å². The number of pyridine rings is 1. The van der Waals surface area contributed by atoms with E-state index in [4.69, 9.17) is 5.84 Å². The average Bonchev–Trinajstić information content (AvgIpc) is 2.40. The van der Waals surface area contributed by atoms with Crippen LogP contribution in [0.4, 0.5) is 0 Å². The van der Waals surface area contributed by atoms with Gasteiger partial charge in [-0.05, 0) is 58.5 Å². The van der Waals surface area contributed by atoms with Gasteiger partial charge in [0.25, 0.3) is 0 Å². The van der Waals surface area contributed by atoms with Crippen LogP contribution in [0.2, 0.25) is 0 Å². The maximum atomic E-state index is 5.67. The molecule has 0 fully saturated rings. The van der Waals surface area contributed by atoms with Crippen molar-refractivity contribution >= 4 is 15.9 Å². The number of halogens is 1. The predicted molar refractivity (Wildman–Crippen MR) is 81.6 cm³/mol. The Kier molecular flexibility index (Phi) is 5.07. The summed E-state index contributed by atoms with van der Waals surface area (Å²) in [6.45, 7) is 2.13. The molecular formula is C15H18BrN3. The summed E-state index contributed by atoms with van der Waals surface area (Å²) in [6, 6.07) is 10.7. The summed E-state index contributed by atoms with van der Waals surface area (Å²) in [7, 11) is 0. The number of aryl methyl sites for hydroxylation is 1. The fraction of sp³-hybridized carbons (Fsp3) is 0.267. The van der Waals surface area contributed by atoms with Gasteiger partial charge in [0.15, 0.2) is 0 Å². The van der Waals surface area contributed by atoms with Crippen molar-refractivity contribution in [3.63, 3.8) is 0 Å². The Hall–Kier alpha value is -1.23. The number of nitrogens with one attached hydrogen (secondary N) is 1. The molecule has 3 nitrogen and oxygen atoms in total. The van der Waals surface area contributed by atoms with Crippen molar-refractivity contribution in [3.8, 4) is 0 Å². The van der Waals surface area contributed by atoms with Crippen LogP contribution in [0.5, 0.6) is 0 Å². The third-order valence-electron chi connectivity index (χ3n) is 3.21. The van der Waals surface area contributed by atoms with Gasteiger partial charge < -0.3 is 0 Å². The van der Waals surface area contributed by atoms with E-state index < -0.39 is 0 Å². The fourth-order valence-electron chi connectivity index (χ4n) is 2.15. The van der Waals surface area contributed by atoms with Crippen LogP contribution in [0.1, 0.15) is 16.7 Å². The Bertz CT molecular complexity index is 542. The van der Waals surface area contributed by atoms with E-state index in [9.17, 15) is 0 Å². The fourth-order valence-corrected chi connectivity index (χ4v) is 2.56. The lowest BCUT2D eigenvalue weighted by Gasteiger charge is -2.17. The lowest BCUT2D eigenvalue weighted by molar-refractivity contribution is 0.521. The lowest BCUT2D eigenvalue weighted by atomic mass is 9.97. The number of rotatable bonds is 5. The topological polar surface area (TPSA) is 50.9 Å². The lowest BCUT2D eigenvalue weighted by Crippen LogP contribution is -2.38. The molecule has 1 heterocycles. The smallest absolute Gasteiger partial charge is 0.0410 e. The van der Waals surface area contributed by atoms with Gasteiger partial charge in [0.05, 0.1) is 0 Å². The van der Waals surface area contributed by atoms with Crippen LogP contribution in [0.3, 0.4) is 0 Å². The number of hydrazine groups is 1. The van der Waals surface area contributed by atoms with Crippen LogP contribution in [0.25, 0.3) is 0 Å². The van der Waals surface area contributed by atoms with Crippen LogP contribution in [0, 0.1) is 6.92 Å². The van der Waals surface area contributed by atoms with E-state index in [1.54, 1.807) is 6.20 Å². The third-order valence-corrected chi connectivity index (χ3v) is 3.64. The molecule has 0 aliphatic heterocycles. The first-order valence-corrected chi connectivity index (χ1v) is 7.08. The highest BCUT2D eigenvalue weighted by Gasteiger charge is 2.10. The predicted octanol–water partition coefficient (Wildman–Crippen LogP) is 2.77. The van der Waals surface area contributed by atoms with Crippen LogP contribution in [0.15, 0.2) is 47.2 Å². The maximum absolute atomic E-state index is 5.67. The monoisotopic (exact) mass is 319 g/mol. The molecule has 2 rings (SSSR count). The Morgan fingerprint density at radius 3 is 2.74 bits per heavy atom. The van der Waals surface area contributed by atoms with Gasteiger partial charge in [0.1, 0.15) is 0 Å². The average molecular weight is 320 g/mol. The van der Waals surface area contributed by atoms with Crippen LogP contribution < -0.4 is 11.3 Å². The van der Waals surface area contributed by atoms with Gasteiger partial charge in [-0.1, -0.05) is 24.3 Å². The molecule has 0 radical (unpaired) electrons. The number of aromatic nitrogens is 1. The Balaban J connectivity index is 2.07. The minimum atomic E-state index is 0.206. The number of nitrogens with zero attached hydrogens (tertiary/aromatic N) is 1. The molecule has 4 heteroatoms. The molecule has 0 spiro atoms. The second-order valence-electron chi connectivity index (χ2n) is 4.71. The Morgan fingerprint density at radius 2 is 2.05 bits per heavy atom. The molecule has 100 valence electrons. The van der Waals surface area contributed by atoms with Crippen LogP contribution in [-0.2, 0) is 12.8 Å². The second-order valence-corrected chi connectivity index (χ2v) is 5.63. The normalized spacial score (nSPS) is 12.4. The Morgan fingerprint density at radius 1 is 1.26 bits per heavy atom. The van der Waals surface area contributed by atoms with E-state index in [0.29, 0.717) is 0 Å². The first-order valence-electron chi connectivity index (χ1n) is 6.29. The molecule has 2 aromatic rings. The highest BCUT2D eigenvalue weighted by atomic mass is 79.9. The number of nitrogens with two attached hydrogens (primary N) is 1. The maximum Gasteiger partial charge on any atom is 0.0410 e. The molecule has 0 saturated carbocycles. The van der Waals surface area contributed by atoms with Crippen molar-refractivity contribution in [2.75, 3.05) is 0 Å². The molecule has 1 atom stereocenters. The number of hydrogen-bond acceptors (Lipinski definition) is 3. The van der Waals surface area contributed by atoms with E-state index >= 15 is 0 Å². The van der Waals surface area contributed by atoms with Crippen LogP contribution >= 0.6 is 15.9 Å². The van der Waals surface area contributed by atoms with Gasteiger partial charge in [0, 0.05) is 22.9 Å². The zero-order valence-electron chi connectivity index (χ0n) is 10.9. The molecule has 0 aliphatic rings. The summed E-state index contributed by atoms with van der Waals surface area (Å²) in [4.78, 5) is 4.18. The van der Waals surface area contributed by atoms with Crippen LogP contribution in [-0.4, -0.2) is 11.0 Å². The summed E-state index contributed by atoms with van der Waals surface area (Å²) in [5.41, 5.74) is 6.70. The van der Waals surface area contributed by atoms with Crippen molar-refractivity contribution in [3.05, 3.63) is 63.9 Å². The SMILES string of the molecule is Cc1ccccc1CC(Cc1cncc(Br)c1)NN. The van der Waals surface area contributed by atoms with E-state index in [1.807, 2.05) is 6.20 Å². The van der Waals surface area contributed by atoms with Crippen molar-refractivity contribution < 1.29 is 0 Å². The second kappa shape index (κ2) is 6.80. The molecule has 0 aliphatic carbocycles. The number of benzene rings is 1. The van der Waals surface area contributed by atoms with E-state index in [0.717, 1.165) is 17.3 Å². The molecule has 0 bridgehead atoms. The standard InChI is InChI=1S/C15H18BrN3/c1-11-4-2-3-5-13(11)8-15(19-17)7-12-6-14(16)10-18-9-12/h2-6,9-10,15,19H,7-8,17H2,1H3. The third kappa shape index (κ3) is 4.13. The highest BCUT2D eigenvalue weighted by molar-refractivity contribution is 9.10. The first-order chi connectivity index (χ1) is 9.19. The van der Waals surface area contributed by atoms with Gasteiger partial charge in [-0.3, -0.25) is 16.3 Å². The number of hydrogen-bond donors (Lipinski definition) is 2. The quantitative estimate of drug-likeness (QED) is 0.658. The van der Waals surface area contributed by atoms with E-state index in [-0.39, 0.29) is 6.04 Å². The first kappa shape index (κ1) is 14.2. The summed E-state index contributed by atoms with van der Waals surface area (Å²) in [5, 5.41) is 0. The molecule has 1 aromatic carbocycles. The van der Waals surface area contributed by atoms with Gasteiger partial charge in [-0.2, -0.15) is 0 Å². The molecule has 1 aromatic heterocycles. The van der Waals surface area contributed by atoms with Crippen molar-refractivity contribution in [1.82, 2.24) is 10.4 Å². The summed E-state index contributed by atoms with van der Waals surface area (Å²) in [5.74, 6) is 5.67. The molecule has 0 amide bonds. The zero-order valence-corrected chi connectivity index (χ0v) is 12.5. The minimum absolute atomic E-state index is 0.206. The van der Waals surface area contributed by atoms with E-state index in [1.165, 1.54) is 16.7 Å². The molecule has 1 unspecified atom stereocenters. The Labute approximate surface area is 122 Å². The molecule has 0 saturated heterocycles.